The summed E-state index contributed by atoms with van der Waals surface area (Å²) in [5.74, 6) is 2.24. The quantitative estimate of drug-likeness (QED) is 0.0252. The molecule has 0 unspecified atom stereocenters. The number of anilines is 7. The first-order valence-corrected chi connectivity index (χ1v) is 29.5. The van der Waals surface area contributed by atoms with Crippen molar-refractivity contribution in [2.75, 3.05) is 101 Å². The van der Waals surface area contributed by atoms with Crippen LogP contribution in [-0.2, 0) is 23.8 Å². The molecule has 0 atom stereocenters. The van der Waals surface area contributed by atoms with Crippen LogP contribution in [0.1, 0.15) is 6.92 Å². The van der Waals surface area contributed by atoms with Crippen LogP contribution in [-0.4, -0.2) is 129 Å². The maximum atomic E-state index is 11.0. The molecule has 0 heterocycles. The number of nitrogens with two attached hydrogens (primary N) is 9. The van der Waals surface area contributed by atoms with E-state index in [0.717, 1.165) is 23.6 Å². The first-order valence-electron chi connectivity index (χ1n) is 29.5. The van der Waals surface area contributed by atoms with Gasteiger partial charge < -0.3 is 90.4 Å². The Hall–Kier alpha value is -12.9. The van der Waals surface area contributed by atoms with Gasteiger partial charge in [-0.3, -0.25) is 25.8 Å². The summed E-state index contributed by atoms with van der Waals surface area (Å²) >= 11 is 0. The van der Waals surface area contributed by atoms with Crippen molar-refractivity contribution >= 4 is 126 Å². The van der Waals surface area contributed by atoms with E-state index in [-0.39, 0.29) is 55.1 Å². The van der Waals surface area contributed by atoms with Gasteiger partial charge in [-0.15, -0.1) is 0 Å². The zero-order chi connectivity index (χ0) is 70.7. The third-order valence-electron chi connectivity index (χ3n) is 13.5. The smallest absolute Gasteiger partial charge is 0.178 e. The lowest BCUT2D eigenvalue weighted by Gasteiger charge is -2.16. The highest BCUT2D eigenvalue weighted by atomic mass is 16.5. The minimum absolute atomic E-state index is 0.0585. The fourth-order valence-electron chi connectivity index (χ4n) is 8.33. The summed E-state index contributed by atoms with van der Waals surface area (Å²) in [7, 11) is 6.65. The number of rotatable bonds is 16. The average molecular weight is 1320 g/mol. The van der Waals surface area contributed by atoms with Crippen molar-refractivity contribution in [3.05, 3.63) is 216 Å². The molecule has 502 valence electrons. The van der Waals surface area contributed by atoms with Crippen LogP contribution in [0.2, 0.25) is 0 Å². The lowest BCUT2D eigenvalue weighted by atomic mass is 10.1. The fraction of sp³-hybridized carbons (Fsp3) is 0.143. The van der Waals surface area contributed by atoms with E-state index in [1.54, 1.807) is 129 Å². The Morgan fingerprint density at radius 1 is 0.423 bits per heavy atom. The zero-order valence-corrected chi connectivity index (χ0v) is 54.0. The predicted octanol–water partition coefficient (Wildman–Crippen LogP) is 8.10. The average Bonchev–Trinajstić information content (AvgIpc) is 0.922. The summed E-state index contributed by atoms with van der Waals surface area (Å²) in [6.45, 7) is 3.11. The number of hydrogen-bond acceptors (Lipinski definition) is 27. The monoisotopic (exact) mass is 1310 g/mol. The number of nitrogens with zero attached hydrogens (tertiary/aromatic N) is 6. The number of allylic oxidation sites excluding steroid dienone is 14. The van der Waals surface area contributed by atoms with E-state index in [9.17, 15) is 9.59 Å². The van der Waals surface area contributed by atoms with E-state index < -0.39 is 0 Å². The summed E-state index contributed by atoms with van der Waals surface area (Å²) in [4.78, 5) is 46.0. The van der Waals surface area contributed by atoms with Crippen LogP contribution in [0.4, 0.5) is 68.2 Å². The van der Waals surface area contributed by atoms with Crippen molar-refractivity contribution in [2.24, 2.45) is 42.2 Å². The molecule has 27 nitrogen and oxygen atoms in total. The highest BCUT2D eigenvalue weighted by molar-refractivity contribution is 6.52. The van der Waals surface area contributed by atoms with Crippen LogP contribution in [0.15, 0.2) is 241 Å². The molecule has 0 aromatic heterocycles. The lowest BCUT2D eigenvalue weighted by Crippen LogP contribution is -2.20. The molecule has 5 aromatic carbocycles. The number of aliphatic hydroxyl groups is 2. The molecule has 0 spiro atoms. The zero-order valence-electron chi connectivity index (χ0n) is 54.0. The Labute approximate surface area is 560 Å². The van der Waals surface area contributed by atoms with Crippen LogP contribution in [0.25, 0.3) is 0 Å². The van der Waals surface area contributed by atoms with Crippen LogP contribution >= 0.6 is 0 Å². The van der Waals surface area contributed by atoms with Gasteiger partial charge in [0, 0.05) is 61.0 Å². The van der Waals surface area contributed by atoms with Gasteiger partial charge in [-0.05, 0) is 159 Å². The number of carbonyl (C=O) groups is 2. The number of nitrogens with one attached hydrogen (secondary N) is 3. The maximum Gasteiger partial charge on any atom is 0.178 e. The van der Waals surface area contributed by atoms with E-state index in [0.29, 0.717) is 126 Å². The molecule has 0 saturated carbocycles. The molecule has 23 N–H and O–H groups in total. The normalized spacial score (nSPS) is 15.7. The van der Waals surface area contributed by atoms with Gasteiger partial charge in [0.2, 0.25) is 0 Å². The SMILES string of the molecule is CCN(C)c1ccc(N=C2C=C(OC)C(N)=CC2=N)cc1.COC1=CC(=Nc2ccc(N)cc2)C(=N)C=C1N.COc1cc(N=C2C=CC(=O)C=C2)c(N)cc1N.N=C1C=C(N)C(OCCO)=CC1=Nc1ccc(N)cc1.Nc1cc(N)c(OCCO)cc1N=C1C=CC(=O)C=C1. The molecule has 0 saturated heterocycles. The molecule has 0 radical (unpaired) electrons. The highest BCUT2D eigenvalue weighted by Gasteiger charge is 2.18. The third-order valence-corrected chi connectivity index (χ3v) is 13.5. The molecule has 0 aliphatic heterocycles. The van der Waals surface area contributed by atoms with Crippen molar-refractivity contribution in [3.63, 3.8) is 0 Å². The van der Waals surface area contributed by atoms with Gasteiger partial charge in [-0.25, -0.2) is 25.0 Å². The van der Waals surface area contributed by atoms with Crippen molar-refractivity contribution in [1.82, 2.24) is 0 Å². The molecule has 97 heavy (non-hydrogen) atoms. The Kier molecular flexibility index (Phi) is 27.0. The van der Waals surface area contributed by atoms with E-state index >= 15 is 0 Å². The topological polar surface area (TPSA) is 492 Å². The summed E-state index contributed by atoms with van der Waals surface area (Å²) < 4.78 is 26.0. The Morgan fingerprint density at radius 3 is 1.14 bits per heavy atom. The molecule has 10 rings (SSSR count). The van der Waals surface area contributed by atoms with Crippen LogP contribution in [0.5, 0.6) is 11.5 Å². The minimum Gasteiger partial charge on any atom is -0.495 e. The number of benzene rings is 5. The van der Waals surface area contributed by atoms with Crippen LogP contribution in [0.3, 0.4) is 0 Å². The number of hydrogen-bond donors (Lipinski definition) is 14. The Balaban J connectivity index is 0.000000192. The summed E-state index contributed by atoms with van der Waals surface area (Å²) in [6, 6.07) is 28.4. The van der Waals surface area contributed by atoms with Gasteiger partial charge >= 0.3 is 0 Å². The second-order valence-corrected chi connectivity index (χ2v) is 20.6. The summed E-state index contributed by atoms with van der Waals surface area (Å²) in [5.41, 5.74) is 63.8. The fourth-order valence-corrected chi connectivity index (χ4v) is 8.33. The molecule has 0 bridgehead atoms. The largest absolute Gasteiger partial charge is 0.495 e. The van der Waals surface area contributed by atoms with E-state index in [4.69, 9.17) is 102 Å². The summed E-state index contributed by atoms with van der Waals surface area (Å²) in [6.07, 6.45) is 21.7. The first kappa shape index (κ1) is 73.2. The Bertz CT molecular complexity index is 4220. The van der Waals surface area contributed by atoms with Crippen molar-refractivity contribution < 1.29 is 43.5 Å². The molecule has 5 aliphatic carbocycles. The van der Waals surface area contributed by atoms with Gasteiger partial charge in [0.25, 0.3) is 0 Å². The van der Waals surface area contributed by atoms with E-state index in [1.165, 1.54) is 50.7 Å². The third kappa shape index (κ3) is 22.2. The number of ketones is 2. The van der Waals surface area contributed by atoms with Crippen molar-refractivity contribution in [3.8, 4) is 11.5 Å². The molecule has 27 heteroatoms. The van der Waals surface area contributed by atoms with Gasteiger partial charge in [-0.2, -0.15) is 0 Å². The number of aliphatic hydroxyl groups excluding tert-OH is 2. The highest BCUT2D eigenvalue weighted by Crippen LogP contribution is 2.35. The lowest BCUT2D eigenvalue weighted by molar-refractivity contribution is -0.111. The number of aliphatic imine (C=N–C) groups is 5. The van der Waals surface area contributed by atoms with Crippen LogP contribution < -0.4 is 66.0 Å². The van der Waals surface area contributed by atoms with Gasteiger partial charge in [0.1, 0.15) is 42.0 Å². The van der Waals surface area contributed by atoms with Gasteiger partial charge in [0.15, 0.2) is 11.6 Å². The second kappa shape index (κ2) is 35.8. The molecule has 0 fully saturated rings. The Morgan fingerprint density at radius 2 is 0.773 bits per heavy atom. The number of ether oxygens (including phenoxy) is 5. The van der Waals surface area contributed by atoms with Crippen LogP contribution in [0, 0.1) is 16.2 Å². The maximum absolute atomic E-state index is 11.0. The molecule has 5 aromatic rings. The predicted molar refractivity (Wildman–Crippen MR) is 390 cm³/mol. The van der Waals surface area contributed by atoms with E-state index in [2.05, 4.69) is 36.8 Å². The second-order valence-electron chi connectivity index (χ2n) is 20.6. The standard InChI is InChI=1S/C16H20N4O.C14H16N4O2.C14H15N3O3.C13H14N4O.C13H13N3O2/c1-4-20(2)12-7-5-11(6-8-12)19-15-10-16(21-3)14(18)9-13(15)17;15-9-1-3-10(4-2-9)18-13-8-14(20-6-5-19)12(17)7-11(13)16;15-11-7-12(16)14(20-6-5-18)8-13(11)17-9-1-3-10(19)4-2-9;1-18-13-7-12(10(15)6-11(13)16)17-9-4-2-8(14)3-5-9;1-18-13-7-12(10(14)6-11(13)15)16-8-2-4-9(17)5-3-8/h5-10,17H,4,18H2,1-3H3;1-4,7-8,16,19H,5-6,15,17H2;1-4,7-8,18H,5-6,15-16H2;2-7,15H,14,16H2,1H3;2-7H,14-15H2,1H3. The summed E-state index contributed by atoms with van der Waals surface area (Å²) in [5, 5.41) is 41.2. The number of methoxy groups -OCH3 is 3. The molecular formula is C70H78N18O9. The van der Waals surface area contributed by atoms with E-state index in [1.807, 2.05) is 31.3 Å². The number of nitrogen functional groups attached to an aromatic ring is 6. The van der Waals surface area contributed by atoms with Gasteiger partial charge in [0.05, 0.1) is 149 Å². The number of carbonyl (C=O) groups excluding carboxylic acids is 2. The van der Waals surface area contributed by atoms with Crippen molar-refractivity contribution in [2.45, 2.75) is 6.92 Å². The van der Waals surface area contributed by atoms with Gasteiger partial charge in [-0.1, -0.05) is 0 Å². The molecule has 0 amide bonds. The molecular weight excluding hydrogens is 1240 g/mol. The minimum atomic E-state index is -0.110. The first-order chi connectivity index (χ1) is 46.4. The van der Waals surface area contributed by atoms with Crippen molar-refractivity contribution in [1.29, 1.82) is 16.2 Å². The molecule has 5 aliphatic rings.